The van der Waals surface area contributed by atoms with Crippen molar-refractivity contribution in [2.24, 2.45) is 0 Å². The van der Waals surface area contributed by atoms with Gasteiger partial charge in [-0.2, -0.15) is 0 Å². The minimum absolute atomic E-state index is 0.00393. The number of carbonyl (C=O) groups excluding carboxylic acids is 2. The highest BCUT2D eigenvalue weighted by molar-refractivity contribution is 5.78. The molecule has 0 heterocycles. The van der Waals surface area contributed by atoms with Crippen molar-refractivity contribution in [3.8, 4) is 0 Å². The molecule has 0 saturated heterocycles. The molecule has 0 radical (unpaired) electrons. The van der Waals surface area contributed by atoms with Crippen molar-refractivity contribution < 1.29 is 9.59 Å². The normalized spacial score (nSPS) is 11.9. The van der Waals surface area contributed by atoms with Gasteiger partial charge in [0.25, 0.3) is 0 Å². The summed E-state index contributed by atoms with van der Waals surface area (Å²) in [4.78, 5) is 22.0. The lowest BCUT2D eigenvalue weighted by Gasteiger charge is -2.11. The molecule has 1 atom stereocenters. The largest absolute Gasteiger partial charge is 0.356 e. The molecule has 0 aromatic rings. The second-order valence-electron chi connectivity index (χ2n) is 3.33. The molecule has 0 aromatic heterocycles. The van der Waals surface area contributed by atoms with Crippen LogP contribution in [-0.4, -0.2) is 24.4 Å². The molecule has 0 rings (SSSR count). The quantitative estimate of drug-likeness (QED) is 0.667. The molecule has 1 unspecified atom stereocenters. The number of hydrogen-bond acceptors (Lipinski definition) is 2. The Labute approximate surface area is 85.4 Å². The van der Waals surface area contributed by atoms with Gasteiger partial charge in [0.05, 0.1) is 0 Å². The molecule has 0 bridgehead atoms. The van der Waals surface area contributed by atoms with Crippen molar-refractivity contribution in [1.82, 2.24) is 10.6 Å². The lowest BCUT2D eigenvalue weighted by Crippen LogP contribution is -2.35. The molecule has 2 N–H and O–H groups in total. The van der Waals surface area contributed by atoms with Crippen LogP contribution in [0.3, 0.4) is 0 Å². The fraction of sp³-hybridized carbons (Fsp3) is 0.800. The monoisotopic (exact) mass is 200 g/mol. The van der Waals surface area contributed by atoms with Crippen LogP contribution in [0.1, 0.15) is 40.0 Å². The Balaban J connectivity index is 3.49. The number of rotatable bonds is 6. The Bertz CT molecular complexity index is 193. The molecular formula is C10H20N2O2. The van der Waals surface area contributed by atoms with E-state index in [1.807, 2.05) is 13.8 Å². The molecule has 0 aliphatic rings. The second-order valence-corrected chi connectivity index (χ2v) is 3.33. The molecule has 82 valence electrons. The second kappa shape index (κ2) is 7.35. The number of amides is 2. The lowest BCUT2D eigenvalue weighted by atomic mass is 10.2. The van der Waals surface area contributed by atoms with Crippen LogP contribution in [0.5, 0.6) is 0 Å². The summed E-state index contributed by atoms with van der Waals surface area (Å²) >= 11 is 0. The summed E-state index contributed by atoms with van der Waals surface area (Å²) in [5.41, 5.74) is 0. The van der Waals surface area contributed by atoms with Gasteiger partial charge in [-0.3, -0.25) is 9.59 Å². The van der Waals surface area contributed by atoms with Crippen molar-refractivity contribution in [3.63, 3.8) is 0 Å². The van der Waals surface area contributed by atoms with Crippen LogP contribution in [0.4, 0.5) is 0 Å². The van der Waals surface area contributed by atoms with Crippen LogP contribution in [0, 0.1) is 0 Å². The predicted molar refractivity (Wildman–Crippen MR) is 55.8 cm³/mol. The maximum absolute atomic E-state index is 11.2. The van der Waals surface area contributed by atoms with Gasteiger partial charge in [-0.15, -0.1) is 0 Å². The molecule has 0 fully saturated rings. The SMILES string of the molecule is CCC(=O)NCCC(=O)NC(C)CC. The van der Waals surface area contributed by atoms with E-state index in [0.717, 1.165) is 6.42 Å². The molecule has 14 heavy (non-hydrogen) atoms. The third-order valence-corrected chi connectivity index (χ3v) is 2.02. The molecular weight excluding hydrogens is 180 g/mol. The Morgan fingerprint density at radius 3 is 2.36 bits per heavy atom. The molecule has 2 amide bonds. The minimum atomic E-state index is -0.0126. The van der Waals surface area contributed by atoms with Crippen LogP contribution in [-0.2, 0) is 9.59 Å². The number of nitrogens with one attached hydrogen (secondary N) is 2. The predicted octanol–water partition coefficient (Wildman–Crippen LogP) is 0.817. The van der Waals surface area contributed by atoms with Gasteiger partial charge < -0.3 is 10.6 Å². The molecule has 0 aromatic carbocycles. The standard InChI is InChI=1S/C10H20N2O2/c1-4-8(3)12-10(14)6-7-11-9(13)5-2/h8H,4-7H2,1-3H3,(H,11,13)(H,12,14). The van der Waals surface area contributed by atoms with Gasteiger partial charge in [0, 0.05) is 25.4 Å². The van der Waals surface area contributed by atoms with Crippen molar-refractivity contribution in [1.29, 1.82) is 0 Å². The average Bonchev–Trinajstić information content (AvgIpc) is 2.17. The van der Waals surface area contributed by atoms with E-state index in [-0.39, 0.29) is 17.9 Å². The number of hydrogen-bond donors (Lipinski definition) is 2. The van der Waals surface area contributed by atoms with Crippen LogP contribution in [0.15, 0.2) is 0 Å². The van der Waals surface area contributed by atoms with Crippen molar-refractivity contribution in [2.45, 2.75) is 46.1 Å². The van der Waals surface area contributed by atoms with Crippen LogP contribution >= 0.6 is 0 Å². The summed E-state index contributed by atoms with van der Waals surface area (Å²) in [6, 6.07) is 0.212. The van der Waals surface area contributed by atoms with E-state index >= 15 is 0 Å². The van der Waals surface area contributed by atoms with Crippen LogP contribution in [0.25, 0.3) is 0 Å². The van der Waals surface area contributed by atoms with E-state index in [1.165, 1.54) is 0 Å². The maximum atomic E-state index is 11.2. The van der Waals surface area contributed by atoms with Gasteiger partial charge >= 0.3 is 0 Å². The van der Waals surface area contributed by atoms with Crippen molar-refractivity contribution >= 4 is 11.8 Å². The first-order valence-electron chi connectivity index (χ1n) is 5.16. The Morgan fingerprint density at radius 2 is 1.86 bits per heavy atom. The van der Waals surface area contributed by atoms with E-state index in [0.29, 0.717) is 19.4 Å². The molecule has 0 aliphatic heterocycles. The van der Waals surface area contributed by atoms with Gasteiger partial charge in [0.2, 0.25) is 11.8 Å². The lowest BCUT2D eigenvalue weighted by molar-refractivity contribution is -0.122. The third-order valence-electron chi connectivity index (χ3n) is 2.02. The highest BCUT2D eigenvalue weighted by Crippen LogP contribution is 1.89. The van der Waals surface area contributed by atoms with Gasteiger partial charge in [0.15, 0.2) is 0 Å². The highest BCUT2D eigenvalue weighted by Gasteiger charge is 2.05. The summed E-state index contributed by atoms with van der Waals surface area (Å²) in [6.45, 7) is 6.19. The van der Waals surface area contributed by atoms with E-state index < -0.39 is 0 Å². The topological polar surface area (TPSA) is 58.2 Å². The summed E-state index contributed by atoms with van der Waals surface area (Å²) in [5, 5.41) is 5.49. The van der Waals surface area contributed by atoms with Gasteiger partial charge in [-0.1, -0.05) is 13.8 Å². The van der Waals surface area contributed by atoms with Gasteiger partial charge in [0.1, 0.15) is 0 Å². The Hall–Kier alpha value is -1.06. The Kier molecular flexibility index (Phi) is 6.80. The molecule has 4 heteroatoms. The van der Waals surface area contributed by atoms with E-state index in [9.17, 15) is 9.59 Å². The summed E-state index contributed by atoms with van der Waals surface area (Å²) in [7, 11) is 0. The molecule has 0 spiro atoms. The average molecular weight is 200 g/mol. The fourth-order valence-corrected chi connectivity index (χ4v) is 0.890. The zero-order chi connectivity index (χ0) is 11.0. The van der Waals surface area contributed by atoms with E-state index in [2.05, 4.69) is 10.6 Å². The molecule has 0 aliphatic carbocycles. The van der Waals surface area contributed by atoms with Crippen LogP contribution < -0.4 is 10.6 Å². The third kappa shape index (κ3) is 6.46. The minimum Gasteiger partial charge on any atom is -0.356 e. The zero-order valence-electron chi connectivity index (χ0n) is 9.22. The van der Waals surface area contributed by atoms with Crippen molar-refractivity contribution in [2.75, 3.05) is 6.54 Å². The van der Waals surface area contributed by atoms with Gasteiger partial charge in [-0.05, 0) is 13.3 Å². The van der Waals surface area contributed by atoms with E-state index in [4.69, 9.17) is 0 Å². The number of carbonyl (C=O) groups is 2. The first-order chi connectivity index (χ1) is 6.60. The highest BCUT2D eigenvalue weighted by atomic mass is 16.2. The summed E-state index contributed by atoms with van der Waals surface area (Å²) < 4.78 is 0. The Morgan fingerprint density at radius 1 is 1.21 bits per heavy atom. The van der Waals surface area contributed by atoms with Crippen LogP contribution in [0.2, 0.25) is 0 Å². The van der Waals surface area contributed by atoms with Crippen molar-refractivity contribution in [3.05, 3.63) is 0 Å². The summed E-state index contributed by atoms with van der Waals surface area (Å²) in [5.74, 6) is -0.0166. The maximum Gasteiger partial charge on any atom is 0.221 e. The smallest absolute Gasteiger partial charge is 0.221 e. The zero-order valence-corrected chi connectivity index (χ0v) is 9.22. The first-order valence-corrected chi connectivity index (χ1v) is 5.16. The molecule has 4 nitrogen and oxygen atoms in total. The summed E-state index contributed by atoms with van der Waals surface area (Å²) in [6.07, 6.45) is 1.75. The fourth-order valence-electron chi connectivity index (χ4n) is 0.890. The molecule has 0 saturated carbocycles. The van der Waals surface area contributed by atoms with Gasteiger partial charge in [-0.25, -0.2) is 0 Å². The first kappa shape index (κ1) is 12.9. The van der Waals surface area contributed by atoms with E-state index in [1.54, 1.807) is 6.92 Å².